The predicted octanol–water partition coefficient (Wildman–Crippen LogP) is 5.35. The van der Waals surface area contributed by atoms with Crippen LogP contribution in [0.25, 0.3) is 0 Å². The molecule has 6 nitrogen and oxygen atoms in total. The summed E-state index contributed by atoms with van der Waals surface area (Å²) >= 11 is 0. The molecule has 2 aromatic rings. The molecule has 184 valence electrons. The minimum atomic E-state index is -0.614. The van der Waals surface area contributed by atoms with Crippen molar-refractivity contribution in [1.82, 2.24) is 5.32 Å². The zero-order chi connectivity index (χ0) is 25.3. The topological polar surface area (TPSA) is 84.9 Å². The fraction of sp³-hybridized carbons (Fsp3) is 0.379. The first-order valence-electron chi connectivity index (χ1n) is 11.9. The molecular formula is C29H33NO5. The van der Waals surface area contributed by atoms with Crippen molar-refractivity contribution in [3.05, 3.63) is 82.2 Å². The number of Topliss-reactive ketones (excluding diaryl/α,β-unsaturated/α-hetero) is 1. The van der Waals surface area contributed by atoms with Crippen molar-refractivity contribution in [3.63, 3.8) is 0 Å². The van der Waals surface area contributed by atoms with E-state index in [1.54, 1.807) is 25.3 Å². The van der Waals surface area contributed by atoms with Crippen LogP contribution in [0.5, 0.6) is 11.5 Å². The van der Waals surface area contributed by atoms with Gasteiger partial charge in [0, 0.05) is 35.2 Å². The van der Waals surface area contributed by atoms with Gasteiger partial charge in [0.15, 0.2) is 5.78 Å². The number of carbonyl (C=O) groups excluding carboxylic acids is 2. The van der Waals surface area contributed by atoms with Crippen LogP contribution in [0.4, 0.5) is 0 Å². The van der Waals surface area contributed by atoms with Crippen LogP contribution >= 0.6 is 0 Å². The van der Waals surface area contributed by atoms with Crippen molar-refractivity contribution >= 4 is 11.8 Å². The molecule has 0 spiro atoms. The Hall–Kier alpha value is -3.54. The number of hydrogen-bond donors (Lipinski definition) is 2. The normalized spacial score (nSPS) is 20.3. The predicted molar refractivity (Wildman–Crippen MR) is 134 cm³/mol. The zero-order valence-corrected chi connectivity index (χ0v) is 21.0. The average Bonchev–Trinajstić information content (AvgIpc) is 2.81. The van der Waals surface area contributed by atoms with E-state index < -0.39 is 11.9 Å². The van der Waals surface area contributed by atoms with Crippen molar-refractivity contribution in [2.75, 3.05) is 13.7 Å². The van der Waals surface area contributed by atoms with E-state index in [9.17, 15) is 14.7 Å². The summed E-state index contributed by atoms with van der Waals surface area (Å²) in [6, 6.07) is 14.5. The maximum Gasteiger partial charge on any atom is 0.336 e. The van der Waals surface area contributed by atoms with Crippen LogP contribution in [0.1, 0.15) is 63.5 Å². The third-order valence-electron chi connectivity index (χ3n) is 6.47. The molecule has 1 aliphatic heterocycles. The number of ketones is 1. The molecule has 1 aliphatic carbocycles. The summed E-state index contributed by atoms with van der Waals surface area (Å²) in [6.45, 7) is 8.08. The molecule has 1 heterocycles. The standard InChI is InChI=1S/C29H33NO5/c1-17-25(28(33)35-16-29(2,3)4)26(18-9-8-10-20(31)13-18)27-22(30-17)14-19(15-23(27)32)21-11-6-7-12-24(21)34-5/h6-13,19,26,30-31H,14-16H2,1-5H3/t19-,26-/m1/s1. The number of esters is 1. The van der Waals surface area contributed by atoms with E-state index >= 15 is 0 Å². The van der Waals surface area contributed by atoms with Crippen LogP contribution in [0.2, 0.25) is 0 Å². The molecule has 35 heavy (non-hydrogen) atoms. The summed E-state index contributed by atoms with van der Waals surface area (Å²) in [4.78, 5) is 27.0. The summed E-state index contributed by atoms with van der Waals surface area (Å²) in [7, 11) is 1.63. The van der Waals surface area contributed by atoms with E-state index in [0.717, 1.165) is 17.0 Å². The van der Waals surface area contributed by atoms with Crippen LogP contribution in [0.3, 0.4) is 0 Å². The molecule has 0 saturated heterocycles. The molecule has 0 unspecified atom stereocenters. The van der Waals surface area contributed by atoms with Crippen molar-refractivity contribution in [2.45, 2.75) is 52.4 Å². The highest BCUT2D eigenvalue weighted by molar-refractivity contribution is 6.04. The lowest BCUT2D eigenvalue weighted by Gasteiger charge is -2.37. The van der Waals surface area contributed by atoms with Gasteiger partial charge in [0.05, 0.1) is 19.3 Å². The first-order valence-corrected chi connectivity index (χ1v) is 11.9. The molecule has 0 amide bonds. The number of benzene rings is 2. The van der Waals surface area contributed by atoms with Crippen LogP contribution in [-0.4, -0.2) is 30.6 Å². The smallest absolute Gasteiger partial charge is 0.336 e. The number of dihydropyridines is 1. The number of phenols is 1. The van der Waals surface area contributed by atoms with Crippen molar-refractivity contribution in [3.8, 4) is 11.5 Å². The number of aromatic hydroxyl groups is 1. The van der Waals surface area contributed by atoms with Gasteiger partial charge >= 0.3 is 5.97 Å². The van der Waals surface area contributed by atoms with E-state index in [1.165, 1.54) is 0 Å². The minimum Gasteiger partial charge on any atom is -0.508 e. The summed E-state index contributed by atoms with van der Waals surface area (Å²) in [5.41, 5.74) is 3.91. The number of methoxy groups -OCH3 is 1. The van der Waals surface area contributed by atoms with Crippen LogP contribution in [0, 0.1) is 5.41 Å². The van der Waals surface area contributed by atoms with Gasteiger partial charge in [-0.1, -0.05) is 51.1 Å². The van der Waals surface area contributed by atoms with Gasteiger partial charge < -0.3 is 19.9 Å². The SMILES string of the molecule is COc1ccccc1[C@H]1CC(=O)C2=C(C1)NC(C)=C(C(=O)OCC(C)(C)C)[C@H]2c1cccc(O)c1. The van der Waals surface area contributed by atoms with Gasteiger partial charge in [-0.05, 0) is 48.1 Å². The van der Waals surface area contributed by atoms with E-state index in [4.69, 9.17) is 9.47 Å². The lowest BCUT2D eigenvalue weighted by atomic mass is 9.71. The quantitative estimate of drug-likeness (QED) is 0.567. The second-order valence-corrected chi connectivity index (χ2v) is 10.5. The van der Waals surface area contributed by atoms with Crippen molar-refractivity contribution < 1.29 is 24.2 Å². The molecule has 2 atom stereocenters. The summed E-state index contributed by atoms with van der Waals surface area (Å²) in [5, 5.41) is 13.6. The molecule has 2 aliphatic rings. The highest BCUT2D eigenvalue weighted by Gasteiger charge is 2.42. The monoisotopic (exact) mass is 475 g/mol. The van der Waals surface area contributed by atoms with Gasteiger partial charge in [-0.25, -0.2) is 4.79 Å². The minimum absolute atomic E-state index is 0.0309. The maximum atomic E-state index is 13.7. The van der Waals surface area contributed by atoms with Crippen LogP contribution < -0.4 is 10.1 Å². The summed E-state index contributed by atoms with van der Waals surface area (Å²) in [5.74, 6) is -0.304. The molecule has 0 saturated carbocycles. The Balaban J connectivity index is 1.77. The molecule has 6 heteroatoms. The van der Waals surface area contributed by atoms with Gasteiger partial charge in [-0.3, -0.25) is 4.79 Å². The van der Waals surface area contributed by atoms with Gasteiger partial charge in [0.1, 0.15) is 11.5 Å². The van der Waals surface area contributed by atoms with Gasteiger partial charge in [0.25, 0.3) is 0 Å². The number of para-hydroxylation sites is 1. The number of ether oxygens (including phenoxy) is 2. The number of rotatable bonds is 5. The Morgan fingerprint density at radius 2 is 1.86 bits per heavy atom. The Labute approximate surface area is 206 Å². The molecule has 0 aromatic heterocycles. The highest BCUT2D eigenvalue weighted by Crippen LogP contribution is 2.47. The summed E-state index contributed by atoms with van der Waals surface area (Å²) in [6.07, 6.45) is 0.915. The fourth-order valence-corrected chi connectivity index (χ4v) is 4.93. The third-order valence-corrected chi connectivity index (χ3v) is 6.47. The van der Waals surface area contributed by atoms with E-state index in [2.05, 4.69) is 5.32 Å². The second-order valence-electron chi connectivity index (χ2n) is 10.5. The second kappa shape index (κ2) is 9.61. The lowest BCUT2D eigenvalue weighted by Crippen LogP contribution is -2.36. The molecular weight excluding hydrogens is 442 g/mol. The Kier molecular flexibility index (Phi) is 6.75. The van der Waals surface area contributed by atoms with Gasteiger partial charge in [-0.2, -0.15) is 0 Å². The first-order chi connectivity index (χ1) is 16.6. The molecule has 0 fully saturated rings. The number of phenolic OH excluding ortho intramolecular Hbond substituents is 1. The third kappa shape index (κ3) is 5.11. The largest absolute Gasteiger partial charge is 0.508 e. The van der Waals surface area contributed by atoms with Crippen LogP contribution in [0.15, 0.2) is 71.1 Å². The molecule has 0 radical (unpaired) electrons. The molecule has 2 aromatic carbocycles. The average molecular weight is 476 g/mol. The fourth-order valence-electron chi connectivity index (χ4n) is 4.93. The number of nitrogens with one attached hydrogen (secondary N) is 1. The van der Waals surface area contributed by atoms with E-state index in [0.29, 0.717) is 35.2 Å². The van der Waals surface area contributed by atoms with Gasteiger partial charge in [0.2, 0.25) is 0 Å². The Morgan fingerprint density at radius 1 is 1.11 bits per heavy atom. The molecule has 2 N–H and O–H groups in total. The number of carbonyl (C=O) groups is 2. The molecule has 4 rings (SSSR count). The maximum absolute atomic E-state index is 13.7. The summed E-state index contributed by atoms with van der Waals surface area (Å²) < 4.78 is 11.2. The first kappa shape index (κ1) is 24.6. The van der Waals surface area contributed by atoms with Crippen molar-refractivity contribution in [2.24, 2.45) is 5.41 Å². The molecule has 0 bridgehead atoms. The number of allylic oxidation sites excluding steroid dienone is 3. The number of hydrogen-bond acceptors (Lipinski definition) is 6. The van der Waals surface area contributed by atoms with Crippen molar-refractivity contribution in [1.29, 1.82) is 0 Å². The Bertz CT molecular complexity index is 1220. The Morgan fingerprint density at radius 3 is 2.54 bits per heavy atom. The van der Waals surface area contributed by atoms with Gasteiger partial charge in [-0.15, -0.1) is 0 Å². The zero-order valence-electron chi connectivity index (χ0n) is 21.0. The van der Waals surface area contributed by atoms with E-state index in [1.807, 2.05) is 58.0 Å². The highest BCUT2D eigenvalue weighted by atomic mass is 16.5. The lowest BCUT2D eigenvalue weighted by molar-refractivity contribution is -0.142. The van der Waals surface area contributed by atoms with Crippen LogP contribution in [-0.2, 0) is 14.3 Å². The van der Waals surface area contributed by atoms with E-state index in [-0.39, 0.29) is 29.5 Å².